The van der Waals surface area contributed by atoms with Crippen LogP contribution in [-0.2, 0) is 26.2 Å². The van der Waals surface area contributed by atoms with Crippen molar-refractivity contribution < 1.29 is 41.5 Å². The van der Waals surface area contributed by atoms with Gasteiger partial charge in [-0.05, 0) is 0 Å². The SMILES string of the molecule is CC[O-].CC[O-].CC[O-].[Zr+4].c1ccc2[cH-]ccc2c1. The van der Waals surface area contributed by atoms with E-state index in [-0.39, 0.29) is 46.0 Å². The van der Waals surface area contributed by atoms with Crippen molar-refractivity contribution in [2.45, 2.75) is 20.8 Å². The summed E-state index contributed by atoms with van der Waals surface area (Å²) < 4.78 is 0. The minimum absolute atomic E-state index is 0. The maximum Gasteiger partial charge on any atom is 4.00 e. The maximum absolute atomic E-state index is 8.93. The molecule has 2 aromatic rings. The third-order valence-corrected chi connectivity index (χ3v) is 1.55. The van der Waals surface area contributed by atoms with Gasteiger partial charge in [0.25, 0.3) is 0 Å². The summed E-state index contributed by atoms with van der Waals surface area (Å²) in [6.07, 6.45) is 0. The van der Waals surface area contributed by atoms with Crippen LogP contribution in [0, 0.1) is 0 Å². The van der Waals surface area contributed by atoms with Crippen LogP contribution in [0.15, 0.2) is 42.5 Å². The topological polar surface area (TPSA) is 69.2 Å². The summed E-state index contributed by atoms with van der Waals surface area (Å²) in [6.45, 7) is 4.71. The Bertz CT molecular complexity index is 326. The first-order chi connectivity index (χ1) is 8.71. The largest absolute Gasteiger partial charge is 4.00 e. The number of benzene rings is 1. The van der Waals surface area contributed by atoms with Crippen LogP contribution in [-0.4, -0.2) is 19.8 Å². The zero-order chi connectivity index (χ0) is 14.2. The average molecular weight is 342 g/mol. The molecular formula is C15H22O3Zr. The molecule has 0 saturated carbocycles. The van der Waals surface area contributed by atoms with E-state index in [2.05, 4.69) is 42.5 Å². The average Bonchev–Trinajstić information content (AvgIpc) is 2.80. The molecule has 0 aliphatic heterocycles. The zero-order valence-corrected chi connectivity index (χ0v) is 14.3. The third-order valence-electron chi connectivity index (χ3n) is 1.55. The number of fused-ring (bicyclic) bond motifs is 1. The number of hydrogen-bond donors (Lipinski definition) is 0. The molecule has 0 unspecified atom stereocenters. The molecule has 0 heterocycles. The van der Waals surface area contributed by atoms with Gasteiger partial charge in [-0.15, -0.1) is 49.5 Å². The molecule has 0 atom stereocenters. The second kappa shape index (κ2) is 19.9. The molecule has 0 bridgehead atoms. The van der Waals surface area contributed by atoms with Gasteiger partial charge in [-0.3, -0.25) is 0 Å². The van der Waals surface area contributed by atoms with Crippen LogP contribution in [0.1, 0.15) is 20.8 Å². The van der Waals surface area contributed by atoms with Crippen molar-refractivity contribution in [2.75, 3.05) is 19.8 Å². The molecule has 0 radical (unpaired) electrons. The maximum atomic E-state index is 8.93. The van der Waals surface area contributed by atoms with E-state index in [0.717, 1.165) is 0 Å². The van der Waals surface area contributed by atoms with Gasteiger partial charge in [-0.1, -0.05) is 26.8 Å². The van der Waals surface area contributed by atoms with Crippen LogP contribution in [0.2, 0.25) is 0 Å². The van der Waals surface area contributed by atoms with Crippen LogP contribution >= 0.6 is 0 Å². The Morgan fingerprint density at radius 1 is 0.842 bits per heavy atom. The first kappa shape index (κ1) is 23.7. The summed E-state index contributed by atoms with van der Waals surface area (Å²) in [7, 11) is 0. The molecule has 0 aliphatic carbocycles. The molecule has 0 fully saturated rings. The zero-order valence-electron chi connectivity index (χ0n) is 11.9. The first-order valence-electron chi connectivity index (χ1n) is 6.06. The molecule has 0 aliphatic rings. The summed E-state index contributed by atoms with van der Waals surface area (Å²) >= 11 is 0. The predicted molar refractivity (Wildman–Crippen MR) is 71.2 cm³/mol. The van der Waals surface area contributed by atoms with Gasteiger partial charge >= 0.3 is 26.2 Å². The molecule has 2 rings (SSSR count). The van der Waals surface area contributed by atoms with E-state index in [1.54, 1.807) is 20.8 Å². The van der Waals surface area contributed by atoms with E-state index in [0.29, 0.717) is 0 Å². The van der Waals surface area contributed by atoms with E-state index in [1.807, 2.05) is 0 Å². The van der Waals surface area contributed by atoms with Crippen molar-refractivity contribution in [1.82, 2.24) is 0 Å². The monoisotopic (exact) mass is 340 g/mol. The van der Waals surface area contributed by atoms with Crippen molar-refractivity contribution >= 4 is 10.8 Å². The normalized spacial score (nSPS) is 7.68. The first-order valence-corrected chi connectivity index (χ1v) is 6.06. The molecule has 2 aromatic carbocycles. The summed E-state index contributed by atoms with van der Waals surface area (Å²) in [5.74, 6) is 0. The molecular weight excluding hydrogens is 319 g/mol. The second-order valence-corrected chi connectivity index (χ2v) is 3.02. The van der Waals surface area contributed by atoms with Crippen molar-refractivity contribution in [1.29, 1.82) is 0 Å². The quantitative estimate of drug-likeness (QED) is 0.661. The summed E-state index contributed by atoms with van der Waals surface area (Å²) in [4.78, 5) is 0. The fraction of sp³-hybridized carbons (Fsp3) is 0.400. The van der Waals surface area contributed by atoms with E-state index in [1.165, 1.54) is 10.8 Å². The van der Waals surface area contributed by atoms with E-state index < -0.39 is 0 Å². The van der Waals surface area contributed by atoms with E-state index >= 15 is 0 Å². The molecule has 0 N–H and O–H groups in total. The van der Waals surface area contributed by atoms with Gasteiger partial charge in [-0.25, -0.2) is 0 Å². The van der Waals surface area contributed by atoms with Crippen molar-refractivity contribution in [3.8, 4) is 0 Å². The molecule has 3 nitrogen and oxygen atoms in total. The van der Waals surface area contributed by atoms with Crippen molar-refractivity contribution in [3.63, 3.8) is 0 Å². The summed E-state index contributed by atoms with van der Waals surface area (Å²) in [6, 6.07) is 14.7. The second-order valence-electron chi connectivity index (χ2n) is 3.02. The Balaban J connectivity index is -0.000000220. The van der Waals surface area contributed by atoms with Crippen LogP contribution < -0.4 is 15.3 Å². The third kappa shape index (κ3) is 15.5. The van der Waals surface area contributed by atoms with Gasteiger partial charge in [0, 0.05) is 0 Å². The minimum atomic E-state index is 0. The molecule has 0 amide bonds. The Morgan fingerprint density at radius 2 is 1.26 bits per heavy atom. The number of hydrogen-bond acceptors (Lipinski definition) is 3. The fourth-order valence-electron chi connectivity index (χ4n) is 1.07. The van der Waals surface area contributed by atoms with E-state index in [9.17, 15) is 0 Å². The van der Waals surface area contributed by atoms with Gasteiger partial charge in [0.05, 0.1) is 0 Å². The van der Waals surface area contributed by atoms with Gasteiger partial charge < -0.3 is 15.3 Å². The minimum Gasteiger partial charge on any atom is -0.855 e. The van der Waals surface area contributed by atoms with Crippen LogP contribution in [0.4, 0.5) is 0 Å². The fourth-order valence-corrected chi connectivity index (χ4v) is 1.07. The van der Waals surface area contributed by atoms with Gasteiger partial charge in [0.2, 0.25) is 0 Å². The van der Waals surface area contributed by atoms with Gasteiger partial charge in [-0.2, -0.15) is 17.5 Å². The Morgan fingerprint density at radius 3 is 1.68 bits per heavy atom. The van der Waals surface area contributed by atoms with Crippen LogP contribution in [0.3, 0.4) is 0 Å². The van der Waals surface area contributed by atoms with Crippen molar-refractivity contribution in [2.24, 2.45) is 0 Å². The smallest absolute Gasteiger partial charge is 0.855 e. The van der Waals surface area contributed by atoms with Crippen LogP contribution in [0.5, 0.6) is 0 Å². The molecule has 0 spiro atoms. The molecule has 0 saturated heterocycles. The molecule has 104 valence electrons. The molecule has 0 aromatic heterocycles. The van der Waals surface area contributed by atoms with Crippen LogP contribution in [0.25, 0.3) is 10.8 Å². The summed E-state index contributed by atoms with van der Waals surface area (Å²) in [5, 5.41) is 29.5. The molecule has 4 heteroatoms. The van der Waals surface area contributed by atoms with E-state index in [4.69, 9.17) is 15.3 Å². The Labute approximate surface area is 135 Å². The van der Waals surface area contributed by atoms with Gasteiger partial charge in [0.1, 0.15) is 0 Å². The Kier molecular flexibility index (Phi) is 24.8. The van der Waals surface area contributed by atoms with Gasteiger partial charge in [0.15, 0.2) is 0 Å². The van der Waals surface area contributed by atoms with Crippen molar-refractivity contribution in [3.05, 3.63) is 42.5 Å². The predicted octanol–water partition coefficient (Wildman–Crippen LogP) is 0.656. The summed E-state index contributed by atoms with van der Waals surface area (Å²) in [5.41, 5.74) is 0. The molecule has 19 heavy (non-hydrogen) atoms. The Hall–Kier alpha value is -0.407. The number of rotatable bonds is 0. The standard InChI is InChI=1S/C9H7.3C2H5O.Zr/c1-2-5-9-7-3-6-8(9)4-1;3*1-2-3;/h1-7H;3*2H2,1H3;/q4*-1;+4.